The summed E-state index contributed by atoms with van der Waals surface area (Å²) >= 11 is 1.05. The molecule has 0 spiro atoms. The largest absolute Gasteiger partial charge is 0.472 e. The monoisotopic (exact) mass is 782 g/mol. The Kier molecular flexibility index (Phi) is 17.4. The Morgan fingerprint density at radius 1 is 0.759 bits per heavy atom. The molecule has 6 atom stereocenters. The molecule has 1 saturated heterocycles. The van der Waals surface area contributed by atoms with Crippen molar-refractivity contribution in [3.8, 4) is 5.88 Å². The molecule has 1 aliphatic heterocycles. The number of carbonyl (C=O) groups excluding carboxylic acids is 4. The average molecular weight is 783 g/mol. The third-order valence-electron chi connectivity index (χ3n) is 11.6. The highest BCUT2D eigenvalue weighted by atomic mass is 32.1. The van der Waals surface area contributed by atoms with Crippen LogP contribution in [0.5, 0.6) is 5.88 Å². The van der Waals surface area contributed by atoms with Gasteiger partial charge in [0.25, 0.3) is 5.88 Å². The van der Waals surface area contributed by atoms with Gasteiger partial charge in [0.15, 0.2) is 23.1 Å². The van der Waals surface area contributed by atoms with E-state index < -0.39 is 46.2 Å². The Hall–Kier alpha value is -2.36. The van der Waals surface area contributed by atoms with E-state index in [1.165, 1.54) is 13.8 Å². The number of anilines is 1. The van der Waals surface area contributed by atoms with E-state index in [1.807, 2.05) is 62.3 Å². The van der Waals surface area contributed by atoms with Crippen molar-refractivity contribution in [2.75, 3.05) is 44.4 Å². The highest BCUT2D eigenvalue weighted by Gasteiger charge is 2.49. The number of hydrogen-bond acceptors (Lipinski definition) is 14. The van der Waals surface area contributed by atoms with E-state index in [0.717, 1.165) is 11.7 Å². The summed E-state index contributed by atoms with van der Waals surface area (Å²) in [6.45, 7) is 29.9. The van der Waals surface area contributed by atoms with E-state index in [-0.39, 0.29) is 36.3 Å². The normalized spacial score (nSPS) is 19.3. The molecule has 0 aromatic carbocycles. The van der Waals surface area contributed by atoms with Gasteiger partial charge in [0.1, 0.15) is 41.7 Å². The Morgan fingerprint density at radius 3 is 1.78 bits per heavy atom. The fraction of sp³-hybridized carbons (Fsp3) is 0.850. The number of nitrogens with zero attached hydrogens (tertiary/aromatic N) is 4. The summed E-state index contributed by atoms with van der Waals surface area (Å²) < 4.78 is 40.3. The molecule has 13 nitrogen and oxygen atoms in total. The van der Waals surface area contributed by atoms with E-state index in [0.29, 0.717) is 70.1 Å². The summed E-state index contributed by atoms with van der Waals surface area (Å²) in [6, 6.07) is 0. The predicted molar refractivity (Wildman–Crippen MR) is 212 cm³/mol. The van der Waals surface area contributed by atoms with Gasteiger partial charge in [0.05, 0.1) is 30.5 Å². The quantitative estimate of drug-likeness (QED) is 0.114. The second kappa shape index (κ2) is 19.7. The van der Waals surface area contributed by atoms with Crippen molar-refractivity contribution in [2.45, 2.75) is 182 Å². The van der Waals surface area contributed by atoms with Crippen molar-refractivity contribution in [2.24, 2.45) is 0 Å². The van der Waals surface area contributed by atoms with Gasteiger partial charge >= 0.3 is 0 Å². The Bertz CT molecular complexity index is 1410. The van der Waals surface area contributed by atoms with Gasteiger partial charge in [-0.3, -0.25) is 24.1 Å². The van der Waals surface area contributed by atoms with E-state index in [9.17, 15) is 19.2 Å². The van der Waals surface area contributed by atoms with Gasteiger partial charge in [0, 0.05) is 25.2 Å². The minimum atomic E-state index is -1.35. The maximum absolute atomic E-state index is 14.5. The van der Waals surface area contributed by atoms with Gasteiger partial charge in [-0.05, 0) is 101 Å². The van der Waals surface area contributed by atoms with Crippen molar-refractivity contribution < 1.29 is 42.9 Å². The van der Waals surface area contributed by atoms with Crippen molar-refractivity contribution >= 4 is 40.7 Å². The summed E-state index contributed by atoms with van der Waals surface area (Å²) in [5.74, 6) is 0.235. The summed E-state index contributed by atoms with van der Waals surface area (Å²) in [4.78, 5) is 58.4. The van der Waals surface area contributed by atoms with Crippen molar-refractivity contribution in [3.05, 3.63) is 0 Å². The Balaban J connectivity index is 2.60. The molecule has 310 valence electrons. The molecule has 0 radical (unpaired) electrons. The highest BCUT2D eigenvalue weighted by molar-refractivity contribution is 6.99. The minimum absolute atomic E-state index is 0.00692. The summed E-state index contributed by atoms with van der Waals surface area (Å²) in [5, 5.41) is 0. The van der Waals surface area contributed by atoms with Crippen LogP contribution in [-0.2, 0) is 38.1 Å². The maximum Gasteiger partial charge on any atom is 0.270 e. The molecule has 2 heterocycles. The number of ether oxygens (including phenoxy) is 5. The molecule has 1 aliphatic rings. The second-order valence-electron chi connectivity index (χ2n) is 16.2. The van der Waals surface area contributed by atoms with Crippen LogP contribution in [0.4, 0.5) is 5.82 Å². The average Bonchev–Trinajstić information content (AvgIpc) is 3.62. The van der Waals surface area contributed by atoms with Crippen LogP contribution in [0.3, 0.4) is 0 Å². The molecule has 0 bridgehead atoms. The zero-order valence-corrected chi connectivity index (χ0v) is 36.7. The molecule has 2 rings (SSSR count). The first-order valence-electron chi connectivity index (χ1n) is 19.7. The number of aromatic nitrogens is 2. The fourth-order valence-corrected chi connectivity index (χ4v) is 7.77. The molecule has 1 aromatic rings. The minimum Gasteiger partial charge on any atom is -0.472 e. The van der Waals surface area contributed by atoms with Crippen LogP contribution in [-0.4, -0.2) is 122 Å². The van der Waals surface area contributed by atoms with Crippen LogP contribution in [0.1, 0.15) is 136 Å². The number of carbonyl (C=O) groups is 4. The molecule has 0 aliphatic carbocycles. The second-order valence-corrected chi connectivity index (χ2v) is 16.7. The summed E-state index contributed by atoms with van der Waals surface area (Å²) in [5.41, 5.74) is -5.18. The number of Topliss-reactive ketones (excluding diaryl/α,β-unsaturated/α-hetero) is 4. The smallest absolute Gasteiger partial charge is 0.270 e. The molecule has 3 unspecified atom stereocenters. The molecule has 0 N–H and O–H groups in total. The van der Waals surface area contributed by atoms with Gasteiger partial charge < -0.3 is 28.6 Å². The lowest BCUT2D eigenvalue weighted by molar-refractivity contribution is -0.183. The van der Waals surface area contributed by atoms with Crippen LogP contribution < -0.4 is 9.64 Å². The van der Waals surface area contributed by atoms with E-state index in [1.54, 1.807) is 27.7 Å². The van der Waals surface area contributed by atoms with Crippen LogP contribution in [0.15, 0.2) is 0 Å². The van der Waals surface area contributed by atoms with Crippen LogP contribution in [0.2, 0.25) is 0 Å². The first-order valence-corrected chi connectivity index (χ1v) is 20.5. The Morgan fingerprint density at radius 2 is 1.31 bits per heavy atom. The van der Waals surface area contributed by atoms with Crippen LogP contribution >= 0.6 is 11.7 Å². The molecule has 0 amide bonds. The maximum atomic E-state index is 14.5. The number of morpholine rings is 1. The number of ketones is 4. The lowest BCUT2D eigenvalue weighted by Gasteiger charge is -2.50. The standard InChI is InChI=1S/C40H70N4O9S/c1-16-37(13,32(47)27(6)51-38(14,17-2)29(8)45)44(36(10,11)12)25-31(26-50-35-34(41-54-42-35)43-21-23-49-24-22-43)53-39(15,18-3)33(48)28(7)52-40(19-4,20-5)30(9)46/h27-28,31H,16-26H2,1-15H3/t27-,28-,31-,37?,38?,39?/m0/s1. The Labute approximate surface area is 328 Å². The molecule has 14 heteroatoms. The lowest BCUT2D eigenvalue weighted by Crippen LogP contribution is -2.65. The SMILES string of the molecule is CCC(C)(O[C@@H](C)C(=O)C(C)(CC)N(C[C@@H](COc1nsnc1N1CCOCC1)OC(C)(CC)C(=O)[C@H](C)OC(CC)(CC)C(C)=O)C(C)(C)C)C(C)=O. The van der Waals surface area contributed by atoms with Crippen molar-refractivity contribution in [1.82, 2.24) is 13.6 Å². The topological polar surface area (TPSA) is 147 Å². The van der Waals surface area contributed by atoms with E-state index in [2.05, 4.69) is 18.5 Å². The first-order chi connectivity index (χ1) is 25.0. The van der Waals surface area contributed by atoms with Crippen molar-refractivity contribution in [3.63, 3.8) is 0 Å². The molecule has 0 saturated carbocycles. The van der Waals surface area contributed by atoms with E-state index in [4.69, 9.17) is 23.7 Å². The molecule has 54 heavy (non-hydrogen) atoms. The van der Waals surface area contributed by atoms with Crippen LogP contribution in [0.25, 0.3) is 0 Å². The third-order valence-corrected chi connectivity index (χ3v) is 12.1. The predicted octanol–water partition coefficient (Wildman–Crippen LogP) is 6.43. The zero-order chi connectivity index (χ0) is 41.3. The fourth-order valence-electron chi connectivity index (χ4n) is 7.25. The van der Waals surface area contributed by atoms with Crippen molar-refractivity contribution in [1.29, 1.82) is 0 Å². The van der Waals surface area contributed by atoms with Gasteiger partial charge in [-0.2, -0.15) is 4.37 Å². The molecule has 1 fully saturated rings. The van der Waals surface area contributed by atoms with Gasteiger partial charge in [-0.1, -0.05) is 34.6 Å². The molecular weight excluding hydrogens is 713 g/mol. The van der Waals surface area contributed by atoms with Gasteiger partial charge in [-0.15, -0.1) is 4.37 Å². The van der Waals surface area contributed by atoms with Gasteiger partial charge in [0.2, 0.25) is 5.82 Å². The number of rotatable bonds is 24. The molecule has 1 aromatic heterocycles. The summed E-state index contributed by atoms with van der Waals surface area (Å²) in [7, 11) is 0. The number of hydrogen-bond donors (Lipinski definition) is 0. The highest BCUT2D eigenvalue weighted by Crippen LogP contribution is 2.35. The van der Waals surface area contributed by atoms with Crippen LogP contribution in [0, 0.1) is 0 Å². The van der Waals surface area contributed by atoms with Gasteiger partial charge in [-0.25, -0.2) is 0 Å². The molecular formula is C40H70N4O9S. The summed E-state index contributed by atoms with van der Waals surface area (Å²) in [6.07, 6.45) is -0.561. The third kappa shape index (κ3) is 11.1. The van der Waals surface area contributed by atoms with E-state index >= 15 is 0 Å². The lowest BCUT2D eigenvalue weighted by atomic mass is 9.83. The first kappa shape index (κ1) is 47.8. The zero-order valence-electron chi connectivity index (χ0n) is 35.9.